The molecule has 128 valence electrons. The number of carbonyl (C=O) groups excluding carboxylic acids is 1. The zero-order valence-corrected chi connectivity index (χ0v) is 14.8. The van der Waals surface area contributed by atoms with Crippen molar-refractivity contribution < 1.29 is 9.53 Å². The summed E-state index contributed by atoms with van der Waals surface area (Å²) in [5.74, 6) is 0.826. The monoisotopic (exact) mass is 353 g/mol. The summed E-state index contributed by atoms with van der Waals surface area (Å²) in [6, 6.07) is 15.9. The van der Waals surface area contributed by atoms with Gasteiger partial charge in [-0.3, -0.25) is 5.32 Å². The Labute approximate surface area is 150 Å². The first-order valence-electron chi connectivity index (χ1n) is 8.32. The van der Waals surface area contributed by atoms with Crippen molar-refractivity contribution in [2.24, 2.45) is 0 Å². The predicted octanol–water partition coefficient (Wildman–Crippen LogP) is 4.67. The molecule has 1 N–H and O–H groups in total. The van der Waals surface area contributed by atoms with E-state index in [2.05, 4.69) is 10.3 Å². The second-order valence-electron chi connectivity index (χ2n) is 6.04. The highest BCUT2D eigenvalue weighted by atomic mass is 32.1. The number of amides is 2. The number of hydrogen-bond donors (Lipinski definition) is 1. The third-order valence-corrected chi connectivity index (χ3v) is 5.47. The van der Waals surface area contributed by atoms with E-state index in [4.69, 9.17) is 4.74 Å². The Morgan fingerprint density at radius 1 is 1.24 bits per heavy atom. The molecule has 1 atom stereocenters. The molecule has 1 unspecified atom stereocenters. The molecule has 2 heterocycles. The normalized spacial score (nSPS) is 17.0. The van der Waals surface area contributed by atoms with Gasteiger partial charge in [0, 0.05) is 6.54 Å². The third kappa shape index (κ3) is 3.17. The Kier molecular flexibility index (Phi) is 4.28. The predicted molar refractivity (Wildman–Crippen MR) is 100 cm³/mol. The number of hydrogen-bond acceptors (Lipinski definition) is 4. The maximum absolute atomic E-state index is 12.8. The van der Waals surface area contributed by atoms with Crippen LogP contribution in [0.2, 0.25) is 0 Å². The molecular weight excluding hydrogens is 334 g/mol. The van der Waals surface area contributed by atoms with Crippen LogP contribution in [0.15, 0.2) is 48.5 Å². The van der Waals surface area contributed by atoms with Crippen LogP contribution in [0.25, 0.3) is 10.2 Å². The van der Waals surface area contributed by atoms with Crippen LogP contribution in [-0.2, 0) is 0 Å². The van der Waals surface area contributed by atoms with Gasteiger partial charge in [0.1, 0.15) is 5.75 Å². The minimum atomic E-state index is -0.0858. The lowest BCUT2D eigenvalue weighted by Crippen LogP contribution is -2.34. The van der Waals surface area contributed by atoms with Crippen LogP contribution in [0.1, 0.15) is 24.4 Å². The lowest BCUT2D eigenvalue weighted by atomic mass is 10.0. The average Bonchev–Trinajstić information content (AvgIpc) is 3.28. The van der Waals surface area contributed by atoms with Crippen LogP contribution in [0.5, 0.6) is 5.75 Å². The number of carbonyl (C=O) groups is 1. The Balaban J connectivity index is 1.51. The first-order valence-corrected chi connectivity index (χ1v) is 9.13. The van der Waals surface area contributed by atoms with Gasteiger partial charge in [-0.25, -0.2) is 9.78 Å². The summed E-state index contributed by atoms with van der Waals surface area (Å²) in [5.41, 5.74) is 2.05. The van der Waals surface area contributed by atoms with Crippen molar-refractivity contribution in [2.45, 2.75) is 18.9 Å². The summed E-state index contributed by atoms with van der Waals surface area (Å²) in [7, 11) is 1.66. The van der Waals surface area contributed by atoms with Crippen LogP contribution in [0.3, 0.4) is 0 Å². The number of nitrogens with one attached hydrogen (secondary N) is 1. The van der Waals surface area contributed by atoms with Gasteiger partial charge < -0.3 is 9.64 Å². The highest BCUT2D eigenvalue weighted by molar-refractivity contribution is 7.22. The Morgan fingerprint density at radius 2 is 2.04 bits per heavy atom. The first kappa shape index (κ1) is 15.9. The molecule has 0 aliphatic carbocycles. The van der Waals surface area contributed by atoms with Gasteiger partial charge >= 0.3 is 6.03 Å². The molecule has 2 amide bonds. The zero-order chi connectivity index (χ0) is 17.2. The average molecular weight is 353 g/mol. The number of urea groups is 1. The van der Waals surface area contributed by atoms with Gasteiger partial charge in [0.2, 0.25) is 0 Å². The number of ether oxygens (including phenoxy) is 1. The highest BCUT2D eigenvalue weighted by Gasteiger charge is 2.30. The van der Waals surface area contributed by atoms with Crippen molar-refractivity contribution in [1.82, 2.24) is 9.88 Å². The van der Waals surface area contributed by atoms with Crippen molar-refractivity contribution in [3.8, 4) is 5.75 Å². The van der Waals surface area contributed by atoms with Gasteiger partial charge in [-0.2, -0.15) is 0 Å². The number of rotatable bonds is 3. The van der Waals surface area contributed by atoms with E-state index in [0.717, 1.165) is 40.9 Å². The maximum Gasteiger partial charge on any atom is 0.324 e. The molecule has 0 bridgehead atoms. The summed E-state index contributed by atoms with van der Waals surface area (Å²) < 4.78 is 6.29. The smallest absolute Gasteiger partial charge is 0.324 e. The first-order chi connectivity index (χ1) is 12.2. The lowest BCUT2D eigenvalue weighted by Gasteiger charge is -2.25. The number of para-hydroxylation sites is 1. The second kappa shape index (κ2) is 6.72. The molecule has 1 fully saturated rings. The molecular formula is C19H19N3O2S. The SMILES string of the molecule is COc1ccc(C2CCCN2C(=O)Nc2nc3ccccc3s2)cc1. The fraction of sp³-hybridized carbons (Fsp3) is 0.263. The summed E-state index contributed by atoms with van der Waals surface area (Å²) in [6.07, 6.45) is 1.98. The number of benzene rings is 2. The fourth-order valence-corrected chi connectivity index (χ4v) is 4.13. The summed E-state index contributed by atoms with van der Waals surface area (Å²) in [4.78, 5) is 19.1. The zero-order valence-electron chi connectivity index (χ0n) is 13.9. The molecule has 0 spiro atoms. The van der Waals surface area contributed by atoms with Crippen LogP contribution in [-0.4, -0.2) is 29.6 Å². The van der Waals surface area contributed by atoms with Crippen molar-refractivity contribution in [1.29, 1.82) is 0 Å². The van der Waals surface area contributed by atoms with Gasteiger partial charge in [-0.1, -0.05) is 35.6 Å². The van der Waals surface area contributed by atoms with E-state index in [9.17, 15) is 4.79 Å². The van der Waals surface area contributed by atoms with Crippen LogP contribution >= 0.6 is 11.3 Å². The minimum absolute atomic E-state index is 0.0858. The van der Waals surface area contributed by atoms with E-state index in [1.54, 1.807) is 7.11 Å². The van der Waals surface area contributed by atoms with Gasteiger partial charge in [-0.05, 0) is 42.7 Å². The van der Waals surface area contributed by atoms with Crippen molar-refractivity contribution in [3.63, 3.8) is 0 Å². The molecule has 2 aromatic carbocycles. The summed E-state index contributed by atoms with van der Waals surface area (Å²) >= 11 is 1.50. The van der Waals surface area contributed by atoms with Crippen LogP contribution in [0.4, 0.5) is 9.93 Å². The van der Waals surface area contributed by atoms with E-state index in [1.807, 2.05) is 53.4 Å². The quantitative estimate of drug-likeness (QED) is 0.744. The maximum atomic E-state index is 12.8. The number of methoxy groups -OCH3 is 1. The van der Waals surface area contributed by atoms with Crippen molar-refractivity contribution in [3.05, 3.63) is 54.1 Å². The number of aromatic nitrogens is 1. The largest absolute Gasteiger partial charge is 0.497 e. The van der Waals surface area contributed by atoms with Gasteiger partial charge in [-0.15, -0.1) is 0 Å². The van der Waals surface area contributed by atoms with Crippen LogP contribution < -0.4 is 10.1 Å². The second-order valence-corrected chi connectivity index (χ2v) is 7.07. The highest BCUT2D eigenvalue weighted by Crippen LogP contribution is 2.34. The topological polar surface area (TPSA) is 54.5 Å². The van der Waals surface area contributed by atoms with E-state index in [1.165, 1.54) is 11.3 Å². The van der Waals surface area contributed by atoms with Crippen LogP contribution in [0, 0.1) is 0 Å². The number of likely N-dealkylation sites (tertiary alicyclic amines) is 1. The third-order valence-electron chi connectivity index (χ3n) is 4.52. The van der Waals surface area contributed by atoms with E-state index >= 15 is 0 Å². The fourth-order valence-electron chi connectivity index (χ4n) is 3.27. The molecule has 1 aliphatic heterocycles. The molecule has 0 saturated carbocycles. The summed E-state index contributed by atoms with van der Waals surface area (Å²) in [6.45, 7) is 0.757. The number of fused-ring (bicyclic) bond motifs is 1. The number of nitrogens with zero attached hydrogens (tertiary/aromatic N) is 2. The Hall–Kier alpha value is -2.60. The number of anilines is 1. The molecule has 4 rings (SSSR count). The van der Waals surface area contributed by atoms with E-state index in [-0.39, 0.29) is 12.1 Å². The van der Waals surface area contributed by atoms with Crippen molar-refractivity contribution in [2.75, 3.05) is 19.0 Å². The summed E-state index contributed by atoms with van der Waals surface area (Å²) in [5, 5.41) is 3.61. The van der Waals surface area contributed by atoms with E-state index in [0.29, 0.717) is 5.13 Å². The molecule has 25 heavy (non-hydrogen) atoms. The standard InChI is InChI=1S/C19H19N3O2S/c1-24-14-10-8-13(9-11-14)16-6-4-12-22(16)19(23)21-18-20-15-5-2-3-7-17(15)25-18/h2-3,5,7-11,16H,4,6,12H2,1H3,(H,20,21,23). The lowest BCUT2D eigenvalue weighted by molar-refractivity contribution is 0.207. The van der Waals surface area contributed by atoms with E-state index < -0.39 is 0 Å². The minimum Gasteiger partial charge on any atom is -0.497 e. The molecule has 3 aromatic rings. The number of thiazole rings is 1. The molecule has 6 heteroatoms. The molecule has 1 saturated heterocycles. The van der Waals surface area contributed by atoms with Gasteiger partial charge in [0.25, 0.3) is 0 Å². The molecule has 0 radical (unpaired) electrons. The Bertz CT molecular complexity index is 858. The molecule has 5 nitrogen and oxygen atoms in total. The Morgan fingerprint density at radius 3 is 2.80 bits per heavy atom. The molecule has 1 aliphatic rings. The molecule has 1 aromatic heterocycles. The van der Waals surface area contributed by atoms with Gasteiger partial charge in [0.15, 0.2) is 5.13 Å². The van der Waals surface area contributed by atoms with Gasteiger partial charge in [0.05, 0.1) is 23.4 Å². The van der Waals surface area contributed by atoms with Crippen molar-refractivity contribution >= 4 is 32.7 Å².